The molecule has 0 heterocycles. The highest BCUT2D eigenvalue weighted by Crippen LogP contribution is 2.32. The third-order valence-corrected chi connectivity index (χ3v) is 3.00. The Morgan fingerprint density at radius 2 is 1.95 bits per heavy atom. The number of hydrogen-bond acceptors (Lipinski definition) is 4. The summed E-state index contributed by atoms with van der Waals surface area (Å²) < 4.78 is 30.8. The Bertz CT molecular complexity index is 708. The number of nitrogens with one attached hydrogen (secondary N) is 1. The summed E-state index contributed by atoms with van der Waals surface area (Å²) in [7, 11) is 1.21. The van der Waals surface area contributed by atoms with E-state index in [4.69, 9.17) is 17.3 Å². The number of esters is 1. The van der Waals surface area contributed by atoms with Crippen LogP contribution in [0.4, 0.5) is 25.8 Å². The van der Waals surface area contributed by atoms with E-state index in [1.54, 1.807) is 0 Å². The van der Waals surface area contributed by atoms with Crippen molar-refractivity contribution < 1.29 is 18.3 Å². The number of methoxy groups -OCH3 is 1. The normalized spacial score (nSPS) is 10.3. The van der Waals surface area contributed by atoms with Crippen molar-refractivity contribution in [2.24, 2.45) is 0 Å². The van der Waals surface area contributed by atoms with Crippen LogP contribution in [0.25, 0.3) is 0 Å². The van der Waals surface area contributed by atoms with Gasteiger partial charge < -0.3 is 15.8 Å². The number of ether oxygens (including phenoxy) is 1. The fourth-order valence-electron chi connectivity index (χ4n) is 1.74. The van der Waals surface area contributed by atoms with E-state index in [0.717, 1.165) is 12.1 Å². The summed E-state index contributed by atoms with van der Waals surface area (Å²) in [5.41, 5.74) is 6.42. The molecule has 2 rings (SSSR count). The maximum atomic E-state index is 13.2. The van der Waals surface area contributed by atoms with Crippen molar-refractivity contribution in [1.29, 1.82) is 0 Å². The molecule has 0 spiro atoms. The van der Waals surface area contributed by atoms with E-state index in [2.05, 4.69) is 10.1 Å². The molecule has 0 saturated heterocycles. The first-order chi connectivity index (χ1) is 9.92. The summed E-state index contributed by atoms with van der Waals surface area (Å²) in [4.78, 5) is 11.7. The van der Waals surface area contributed by atoms with E-state index < -0.39 is 17.6 Å². The second-order valence-corrected chi connectivity index (χ2v) is 4.58. The molecule has 2 aromatic carbocycles. The van der Waals surface area contributed by atoms with Crippen molar-refractivity contribution in [2.75, 3.05) is 18.2 Å². The summed E-state index contributed by atoms with van der Waals surface area (Å²) in [6.45, 7) is 0. The van der Waals surface area contributed by atoms with Crippen LogP contribution in [-0.2, 0) is 4.74 Å². The molecule has 0 radical (unpaired) electrons. The molecule has 0 aromatic heterocycles. The predicted molar refractivity (Wildman–Crippen MR) is 76.8 cm³/mol. The molecule has 0 aliphatic rings. The Morgan fingerprint density at radius 1 is 1.24 bits per heavy atom. The van der Waals surface area contributed by atoms with E-state index in [9.17, 15) is 13.6 Å². The topological polar surface area (TPSA) is 64.3 Å². The van der Waals surface area contributed by atoms with Gasteiger partial charge in [0, 0.05) is 17.4 Å². The Hall–Kier alpha value is -2.34. The maximum Gasteiger partial charge on any atom is 0.340 e. The van der Waals surface area contributed by atoms with Crippen LogP contribution in [-0.4, -0.2) is 13.1 Å². The zero-order valence-electron chi connectivity index (χ0n) is 10.9. The van der Waals surface area contributed by atoms with Gasteiger partial charge in [-0.1, -0.05) is 11.6 Å². The highest BCUT2D eigenvalue weighted by Gasteiger charge is 2.17. The molecule has 0 aliphatic carbocycles. The first-order valence-corrected chi connectivity index (χ1v) is 6.19. The second kappa shape index (κ2) is 5.97. The van der Waals surface area contributed by atoms with Crippen LogP contribution < -0.4 is 11.1 Å². The van der Waals surface area contributed by atoms with Gasteiger partial charge in [-0.2, -0.15) is 0 Å². The third kappa shape index (κ3) is 3.22. The van der Waals surface area contributed by atoms with Crippen molar-refractivity contribution in [3.8, 4) is 0 Å². The minimum Gasteiger partial charge on any atom is -0.465 e. The number of nitrogens with two attached hydrogens (primary N) is 1. The Labute approximate surface area is 124 Å². The monoisotopic (exact) mass is 312 g/mol. The first kappa shape index (κ1) is 15.1. The van der Waals surface area contributed by atoms with Gasteiger partial charge in [-0.05, 0) is 24.3 Å². The molecule has 3 N–H and O–H groups in total. The van der Waals surface area contributed by atoms with Gasteiger partial charge in [-0.15, -0.1) is 0 Å². The number of hydrogen-bond donors (Lipinski definition) is 2. The van der Waals surface area contributed by atoms with E-state index in [1.807, 2.05) is 0 Å². The van der Waals surface area contributed by atoms with Gasteiger partial charge in [0.25, 0.3) is 0 Å². The number of carbonyl (C=O) groups excluding carboxylic acids is 1. The molecule has 21 heavy (non-hydrogen) atoms. The molecule has 0 amide bonds. The number of benzene rings is 2. The van der Waals surface area contributed by atoms with E-state index in [-0.39, 0.29) is 27.6 Å². The Morgan fingerprint density at radius 3 is 2.57 bits per heavy atom. The van der Waals surface area contributed by atoms with Gasteiger partial charge in [-0.3, -0.25) is 0 Å². The number of nitrogen functional groups attached to an aromatic ring is 1. The summed E-state index contributed by atoms with van der Waals surface area (Å²) in [6.07, 6.45) is 0. The van der Waals surface area contributed by atoms with Gasteiger partial charge in [0.05, 0.1) is 23.4 Å². The molecule has 2 aromatic rings. The number of halogens is 3. The Kier molecular flexibility index (Phi) is 4.28. The molecule has 0 bridgehead atoms. The minimum absolute atomic E-state index is 0.0900. The van der Waals surface area contributed by atoms with Crippen molar-refractivity contribution in [3.05, 3.63) is 52.6 Å². The Balaban J connectivity index is 2.47. The fourth-order valence-corrected chi connectivity index (χ4v) is 2.02. The molecule has 0 saturated carbocycles. The van der Waals surface area contributed by atoms with Gasteiger partial charge in [0.2, 0.25) is 0 Å². The molecule has 0 aliphatic heterocycles. The minimum atomic E-state index is -1.02. The van der Waals surface area contributed by atoms with E-state index in [1.165, 1.54) is 25.3 Å². The SMILES string of the molecule is COC(=O)c1cc(N)cc(Cl)c1Nc1ccc(F)c(F)c1. The summed E-state index contributed by atoms with van der Waals surface area (Å²) in [5.74, 6) is -2.65. The number of rotatable bonds is 3. The average molecular weight is 313 g/mol. The van der Waals surface area contributed by atoms with E-state index in [0.29, 0.717) is 0 Å². The largest absolute Gasteiger partial charge is 0.465 e. The zero-order valence-corrected chi connectivity index (χ0v) is 11.7. The van der Waals surface area contributed by atoms with Crippen LogP contribution in [0.3, 0.4) is 0 Å². The van der Waals surface area contributed by atoms with Crippen molar-refractivity contribution in [1.82, 2.24) is 0 Å². The third-order valence-electron chi connectivity index (χ3n) is 2.71. The van der Waals surface area contributed by atoms with Gasteiger partial charge >= 0.3 is 5.97 Å². The van der Waals surface area contributed by atoms with Crippen LogP contribution in [0.1, 0.15) is 10.4 Å². The molecule has 7 heteroatoms. The van der Waals surface area contributed by atoms with Crippen molar-refractivity contribution in [3.63, 3.8) is 0 Å². The lowest BCUT2D eigenvalue weighted by Gasteiger charge is -2.14. The fraction of sp³-hybridized carbons (Fsp3) is 0.0714. The van der Waals surface area contributed by atoms with Crippen molar-refractivity contribution >= 4 is 34.6 Å². The lowest BCUT2D eigenvalue weighted by atomic mass is 10.1. The van der Waals surface area contributed by atoms with Crippen LogP contribution in [0.2, 0.25) is 5.02 Å². The van der Waals surface area contributed by atoms with Crippen LogP contribution in [0, 0.1) is 11.6 Å². The zero-order chi connectivity index (χ0) is 15.6. The smallest absolute Gasteiger partial charge is 0.340 e. The molecule has 110 valence electrons. The van der Waals surface area contributed by atoms with Gasteiger partial charge in [-0.25, -0.2) is 13.6 Å². The molecule has 0 atom stereocenters. The summed E-state index contributed by atoms with van der Waals surface area (Å²) in [6, 6.07) is 6.02. The number of carbonyl (C=O) groups is 1. The quantitative estimate of drug-likeness (QED) is 0.669. The summed E-state index contributed by atoms with van der Waals surface area (Å²) in [5, 5.41) is 2.91. The average Bonchev–Trinajstić information content (AvgIpc) is 2.44. The predicted octanol–water partition coefficient (Wildman–Crippen LogP) is 3.73. The van der Waals surface area contributed by atoms with E-state index >= 15 is 0 Å². The molecular formula is C14H11ClF2N2O2. The van der Waals surface area contributed by atoms with Crippen LogP contribution >= 0.6 is 11.6 Å². The lowest BCUT2D eigenvalue weighted by Crippen LogP contribution is -2.07. The number of anilines is 3. The lowest BCUT2D eigenvalue weighted by molar-refractivity contribution is 0.0602. The molecular weight excluding hydrogens is 302 g/mol. The van der Waals surface area contributed by atoms with Crippen LogP contribution in [0.5, 0.6) is 0 Å². The standard InChI is InChI=1S/C14H11ClF2N2O2/c1-21-14(20)9-4-7(18)5-10(15)13(9)19-8-2-3-11(16)12(17)6-8/h2-6,19H,18H2,1H3. The molecule has 0 unspecified atom stereocenters. The van der Waals surface area contributed by atoms with Gasteiger partial charge in [0.15, 0.2) is 11.6 Å². The van der Waals surface area contributed by atoms with Crippen LogP contribution in [0.15, 0.2) is 30.3 Å². The summed E-state index contributed by atoms with van der Waals surface area (Å²) >= 11 is 6.04. The van der Waals surface area contributed by atoms with Gasteiger partial charge in [0.1, 0.15) is 0 Å². The van der Waals surface area contributed by atoms with Crippen molar-refractivity contribution in [2.45, 2.75) is 0 Å². The first-order valence-electron chi connectivity index (χ1n) is 5.81. The highest BCUT2D eigenvalue weighted by atomic mass is 35.5. The molecule has 4 nitrogen and oxygen atoms in total. The molecule has 0 fully saturated rings. The second-order valence-electron chi connectivity index (χ2n) is 4.17. The highest BCUT2D eigenvalue weighted by molar-refractivity contribution is 6.34. The maximum absolute atomic E-state index is 13.2.